The monoisotopic (exact) mass is 258 g/mol. The Hall–Kier alpha value is -2.30. The maximum Gasteiger partial charge on any atom is 0.250 e. The second-order valence-electron chi connectivity index (χ2n) is 4.56. The minimum atomic E-state index is -0.486. The molecular formula is C14H18N4O. The van der Waals surface area contributed by atoms with Gasteiger partial charge in [-0.3, -0.25) is 4.79 Å². The second-order valence-corrected chi connectivity index (χ2v) is 4.56. The number of hydrogen-bond donors (Lipinski definition) is 2. The number of benzene rings is 1. The van der Waals surface area contributed by atoms with E-state index >= 15 is 0 Å². The van der Waals surface area contributed by atoms with Crippen molar-refractivity contribution in [3.05, 3.63) is 40.7 Å². The molecule has 19 heavy (non-hydrogen) atoms. The molecule has 0 unspecified atom stereocenters. The van der Waals surface area contributed by atoms with Gasteiger partial charge in [0.15, 0.2) is 0 Å². The predicted molar refractivity (Wildman–Crippen MR) is 75.3 cm³/mol. The average Bonchev–Trinajstić information content (AvgIpc) is 2.63. The molecule has 0 aliphatic rings. The standard InChI is InChI=1S/C14H18N4O/c1-4-11-8(2)17-18(9(11)3)13-7-10(15)5-6-12(13)14(16)19/h5-7H,4,15H2,1-3H3,(H2,16,19). The summed E-state index contributed by atoms with van der Waals surface area (Å²) in [5, 5.41) is 4.49. The van der Waals surface area contributed by atoms with E-state index in [4.69, 9.17) is 11.5 Å². The molecule has 0 radical (unpaired) electrons. The number of nitrogens with zero attached hydrogens (tertiary/aromatic N) is 2. The quantitative estimate of drug-likeness (QED) is 0.822. The van der Waals surface area contributed by atoms with Crippen molar-refractivity contribution >= 4 is 11.6 Å². The third-order valence-electron chi connectivity index (χ3n) is 3.31. The van der Waals surface area contributed by atoms with Gasteiger partial charge < -0.3 is 11.5 Å². The van der Waals surface area contributed by atoms with Crippen LogP contribution < -0.4 is 11.5 Å². The molecule has 4 N–H and O–H groups in total. The number of amides is 1. The van der Waals surface area contributed by atoms with Crippen LogP contribution in [0.2, 0.25) is 0 Å². The van der Waals surface area contributed by atoms with Gasteiger partial charge in [0.2, 0.25) is 0 Å². The number of aromatic nitrogens is 2. The van der Waals surface area contributed by atoms with E-state index in [1.807, 2.05) is 13.8 Å². The van der Waals surface area contributed by atoms with Crippen LogP contribution in [0.3, 0.4) is 0 Å². The van der Waals surface area contributed by atoms with E-state index in [0.29, 0.717) is 16.9 Å². The number of anilines is 1. The zero-order chi connectivity index (χ0) is 14.2. The summed E-state index contributed by atoms with van der Waals surface area (Å²) in [4.78, 5) is 11.5. The van der Waals surface area contributed by atoms with Crippen LogP contribution in [-0.2, 0) is 6.42 Å². The molecule has 0 spiro atoms. The summed E-state index contributed by atoms with van der Waals surface area (Å²) in [6.07, 6.45) is 0.895. The van der Waals surface area contributed by atoms with Gasteiger partial charge in [0.25, 0.3) is 5.91 Å². The van der Waals surface area contributed by atoms with E-state index < -0.39 is 5.91 Å². The zero-order valence-electron chi connectivity index (χ0n) is 11.4. The Morgan fingerprint density at radius 2 is 2.05 bits per heavy atom. The van der Waals surface area contributed by atoms with Crippen molar-refractivity contribution in [1.82, 2.24) is 9.78 Å². The molecule has 1 heterocycles. The Morgan fingerprint density at radius 1 is 1.37 bits per heavy atom. The van der Waals surface area contributed by atoms with Crippen LogP contribution in [0.1, 0.15) is 34.2 Å². The SMILES string of the molecule is CCc1c(C)nn(-c2cc(N)ccc2C(N)=O)c1C. The molecule has 0 aliphatic carbocycles. The van der Waals surface area contributed by atoms with E-state index in [9.17, 15) is 4.79 Å². The summed E-state index contributed by atoms with van der Waals surface area (Å²) >= 11 is 0. The Morgan fingerprint density at radius 3 is 2.58 bits per heavy atom. The number of rotatable bonds is 3. The van der Waals surface area contributed by atoms with Crippen LogP contribution in [0.4, 0.5) is 5.69 Å². The van der Waals surface area contributed by atoms with Crippen LogP contribution in [0, 0.1) is 13.8 Å². The first kappa shape index (κ1) is 13.1. The number of aryl methyl sites for hydroxylation is 1. The van der Waals surface area contributed by atoms with Crippen LogP contribution in [0.25, 0.3) is 5.69 Å². The number of carbonyl (C=O) groups is 1. The van der Waals surface area contributed by atoms with Crippen molar-refractivity contribution in [3.63, 3.8) is 0 Å². The number of carbonyl (C=O) groups excluding carboxylic acids is 1. The van der Waals surface area contributed by atoms with Crippen LogP contribution >= 0.6 is 0 Å². The molecule has 0 aliphatic heterocycles. The van der Waals surface area contributed by atoms with E-state index in [-0.39, 0.29) is 0 Å². The van der Waals surface area contributed by atoms with E-state index in [2.05, 4.69) is 12.0 Å². The van der Waals surface area contributed by atoms with Crippen molar-refractivity contribution in [2.75, 3.05) is 5.73 Å². The van der Waals surface area contributed by atoms with Crippen molar-refractivity contribution in [2.45, 2.75) is 27.2 Å². The van der Waals surface area contributed by atoms with Gasteiger partial charge in [0.1, 0.15) is 0 Å². The molecule has 1 aromatic heterocycles. The minimum Gasteiger partial charge on any atom is -0.399 e. The van der Waals surface area contributed by atoms with Gasteiger partial charge in [-0.2, -0.15) is 5.10 Å². The highest BCUT2D eigenvalue weighted by atomic mass is 16.1. The first-order valence-electron chi connectivity index (χ1n) is 6.20. The maximum absolute atomic E-state index is 11.5. The first-order chi connectivity index (χ1) is 8.95. The molecule has 0 saturated carbocycles. The Labute approximate surface area is 112 Å². The molecule has 5 heteroatoms. The largest absolute Gasteiger partial charge is 0.399 e. The normalized spacial score (nSPS) is 10.7. The van der Waals surface area contributed by atoms with Gasteiger partial charge in [-0.05, 0) is 44.0 Å². The fraction of sp³-hybridized carbons (Fsp3) is 0.286. The van der Waals surface area contributed by atoms with Crippen molar-refractivity contribution in [1.29, 1.82) is 0 Å². The van der Waals surface area contributed by atoms with Crippen LogP contribution in [0.5, 0.6) is 0 Å². The number of primary amides is 1. The highest BCUT2D eigenvalue weighted by Crippen LogP contribution is 2.23. The summed E-state index contributed by atoms with van der Waals surface area (Å²) in [7, 11) is 0. The third kappa shape index (κ3) is 2.19. The maximum atomic E-state index is 11.5. The van der Waals surface area contributed by atoms with Crippen LogP contribution in [0.15, 0.2) is 18.2 Å². The summed E-state index contributed by atoms with van der Waals surface area (Å²) in [5.74, 6) is -0.486. The molecule has 0 saturated heterocycles. The van der Waals surface area contributed by atoms with Gasteiger partial charge in [-0.25, -0.2) is 4.68 Å². The lowest BCUT2D eigenvalue weighted by Crippen LogP contribution is -2.16. The lowest BCUT2D eigenvalue weighted by atomic mass is 10.1. The van der Waals surface area contributed by atoms with Gasteiger partial charge >= 0.3 is 0 Å². The first-order valence-corrected chi connectivity index (χ1v) is 6.20. The Bertz CT molecular complexity index is 643. The molecule has 2 rings (SSSR count). The molecule has 2 aromatic rings. The van der Waals surface area contributed by atoms with Crippen molar-refractivity contribution in [2.24, 2.45) is 5.73 Å². The third-order valence-corrected chi connectivity index (χ3v) is 3.31. The summed E-state index contributed by atoms with van der Waals surface area (Å²) in [6, 6.07) is 5.02. The van der Waals surface area contributed by atoms with E-state index in [1.165, 1.54) is 5.56 Å². The molecule has 0 fully saturated rings. The van der Waals surface area contributed by atoms with Crippen molar-refractivity contribution in [3.8, 4) is 5.69 Å². The summed E-state index contributed by atoms with van der Waals surface area (Å²) in [6.45, 7) is 6.01. The highest BCUT2D eigenvalue weighted by Gasteiger charge is 2.16. The molecule has 1 aromatic carbocycles. The topological polar surface area (TPSA) is 86.9 Å². The fourth-order valence-corrected chi connectivity index (χ4v) is 2.35. The van der Waals surface area contributed by atoms with Gasteiger partial charge in [-0.15, -0.1) is 0 Å². The van der Waals surface area contributed by atoms with Gasteiger partial charge in [-0.1, -0.05) is 6.92 Å². The summed E-state index contributed by atoms with van der Waals surface area (Å²) < 4.78 is 1.74. The summed E-state index contributed by atoms with van der Waals surface area (Å²) in [5.41, 5.74) is 16.0. The number of hydrogen-bond acceptors (Lipinski definition) is 3. The molecule has 0 atom stereocenters. The molecule has 5 nitrogen and oxygen atoms in total. The Kier molecular flexibility index (Phi) is 3.29. The molecular weight excluding hydrogens is 240 g/mol. The van der Waals surface area contributed by atoms with Gasteiger partial charge in [0.05, 0.1) is 16.9 Å². The molecule has 1 amide bonds. The second kappa shape index (κ2) is 4.76. The van der Waals surface area contributed by atoms with Gasteiger partial charge in [0, 0.05) is 11.4 Å². The average molecular weight is 258 g/mol. The minimum absolute atomic E-state index is 0.419. The lowest BCUT2D eigenvalue weighted by molar-refractivity contribution is 0.1000. The molecule has 0 bridgehead atoms. The van der Waals surface area contributed by atoms with E-state index in [1.54, 1.807) is 22.9 Å². The van der Waals surface area contributed by atoms with Crippen molar-refractivity contribution < 1.29 is 4.79 Å². The van der Waals surface area contributed by atoms with E-state index in [0.717, 1.165) is 17.8 Å². The molecule has 100 valence electrons. The van der Waals surface area contributed by atoms with Crippen LogP contribution in [-0.4, -0.2) is 15.7 Å². The highest BCUT2D eigenvalue weighted by molar-refractivity contribution is 5.97. The smallest absolute Gasteiger partial charge is 0.250 e. The fourth-order valence-electron chi connectivity index (χ4n) is 2.35. The zero-order valence-corrected chi connectivity index (χ0v) is 11.4. The predicted octanol–water partition coefficient (Wildman–Crippen LogP) is 1.73. The Balaban J connectivity index is 2.71. The number of nitrogen functional groups attached to an aromatic ring is 1. The lowest BCUT2D eigenvalue weighted by Gasteiger charge is -2.10. The number of nitrogens with two attached hydrogens (primary N) is 2.